The van der Waals surface area contributed by atoms with E-state index in [-0.39, 0.29) is 4.90 Å². The van der Waals surface area contributed by atoms with E-state index in [0.29, 0.717) is 30.0 Å². The van der Waals surface area contributed by atoms with Crippen molar-refractivity contribution >= 4 is 10.0 Å². The number of imidazole rings is 1. The van der Waals surface area contributed by atoms with Gasteiger partial charge in [-0.3, -0.25) is 0 Å². The number of sulfonamides is 1. The molecule has 0 aliphatic heterocycles. The third-order valence-corrected chi connectivity index (χ3v) is 4.46. The summed E-state index contributed by atoms with van der Waals surface area (Å²) in [5.74, 6) is 1.56. The Balaban J connectivity index is 2.10. The monoisotopic (exact) mass is 309 g/mol. The highest BCUT2D eigenvalue weighted by Crippen LogP contribution is 2.24. The molecule has 7 heteroatoms. The molecule has 0 unspecified atom stereocenters. The van der Waals surface area contributed by atoms with Crippen molar-refractivity contribution in [3.63, 3.8) is 0 Å². The first-order valence-corrected chi connectivity index (χ1v) is 8.08. The third-order valence-electron chi connectivity index (χ3n) is 3.24. The van der Waals surface area contributed by atoms with Crippen LogP contribution in [0.2, 0.25) is 0 Å². The molecule has 0 saturated carbocycles. The van der Waals surface area contributed by atoms with Crippen molar-refractivity contribution in [1.29, 1.82) is 0 Å². The van der Waals surface area contributed by atoms with Crippen LogP contribution < -0.4 is 9.88 Å². The SMILES string of the molecule is Cc1cc(OCCn2ccnc2C)cc(C)c1S(N)(=O)=O. The molecule has 0 radical (unpaired) electrons. The number of ether oxygens (including phenoxy) is 1. The molecule has 0 aliphatic carbocycles. The maximum absolute atomic E-state index is 11.5. The lowest BCUT2D eigenvalue weighted by Crippen LogP contribution is -2.15. The van der Waals surface area contributed by atoms with Gasteiger partial charge in [0.05, 0.1) is 11.4 Å². The number of hydrogen-bond donors (Lipinski definition) is 1. The first-order valence-electron chi connectivity index (χ1n) is 6.53. The van der Waals surface area contributed by atoms with Gasteiger partial charge >= 0.3 is 0 Å². The van der Waals surface area contributed by atoms with Crippen molar-refractivity contribution in [3.05, 3.63) is 41.5 Å². The first kappa shape index (κ1) is 15.5. The molecule has 0 bridgehead atoms. The number of aromatic nitrogens is 2. The lowest BCUT2D eigenvalue weighted by atomic mass is 10.1. The van der Waals surface area contributed by atoms with E-state index in [0.717, 1.165) is 5.82 Å². The van der Waals surface area contributed by atoms with Crippen LogP contribution in [0.4, 0.5) is 0 Å². The van der Waals surface area contributed by atoms with Crippen LogP contribution in [0.25, 0.3) is 0 Å². The minimum absolute atomic E-state index is 0.167. The normalized spacial score (nSPS) is 11.6. The molecule has 2 aromatic rings. The molecule has 0 fully saturated rings. The van der Waals surface area contributed by atoms with Gasteiger partial charge in [0.1, 0.15) is 18.2 Å². The Hall–Kier alpha value is -1.86. The molecule has 0 saturated heterocycles. The average molecular weight is 309 g/mol. The van der Waals surface area contributed by atoms with Gasteiger partial charge < -0.3 is 9.30 Å². The molecule has 1 aromatic carbocycles. The summed E-state index contributed by atoms with van der Waals surface area (Å²) in [7, 11) is -3.71. The van der Waals surface area contributed by atoms with Crippen LogP contribution >= 0.6 is 0 Å². The van der Waals surface area contributed by atoms with Crippen LogP contribution in [0.1, 0.15) is 17.0 Å². The number of aryl methyl sites for hydroxylation is 3. The molecule has 0 aliphatic rings. The maximum atomic E-state index is 11.5. The number of nitrogens with zero attached hydrogens (tertiary/aromatic N) is 2. The number of primary sulfonamides is 1. The summed E-state index contributed by atoms with van der Waals surface area (Å²) in [5.41, 5.74) is 1.18. The molecular formula is C14H19N3O3S. The fraction of sp³-hybridized carbons (Fsp3) is 0.357. The topological polar surface area (TPSA) is 87.2 Å². The minimum Gasteiger partial charge on any atom is -0.492 e. The number of rotatable bonds is 5. The largest absolute Gasteiger partial charge is 0.492 e. The first-order chi connectivity index (χ1) is 9.79. The molecule has 6 nitrogen and oxygen atoms in total. The van der Waals surface area contributed by atoms with Gasteiger partial charge in [0.25, 0.3) is 0 Å². The molecule has 1 aromatic heterocycles. The predicted molar refractivity (Wildman–Crippen MR) is 79.7 cm³/mol. The Bertz CT molecular complexity index is 728. The van der Waals surface area contributed by atoms with Gasteiger partial charge in [0.2, 0.25) is 10.0 Å². The van der Waals surface area contributed by atoms with Crippen molar-refractivity contribution in [3.8, 4) is 5.75 Å². The van der Waals surface area contributed by atoms with Crippen LogP contribution in [-0.2, 0) is 16.6 Å². The maximum Gasteiger partial charge on any atom is 0.238 e. The Morgan fingerprint density at radius 3 is 2.33 bits per heavy atom. The van der Waals surface area contributed by atoms with Crippen LogP contribution in [0.3, 0.4) is 0 Å². The second kappa shape index (κ2) is 5.87. The second-order valence-electron chi connectivity index (χ2n) is 4.95. The molecule has 21 heavy (non-hydrogen) atoms. The van der Waals surface area contributed by atoms with E-state index in [1.807, 2.05) is 17.7 Å². The zero-order valence-corrected chi connectivity index (χ0v) is 13.1. The van der Waals surface area contributed by atoms with Crippen LogP contribution in [0, 0.1) is 20.8 Å². The van der Waals surface area contributed by atoms with Gasteiger partial charge in [-0.15, -0.1) is 0 Å². The minimum atomic E-state index is -3.71. The summed E-state index contributed by atoms with van der Waals surface area (Å²) in [5, 5.41) is 5.21. The van der Waals surface area contributed by atoms with E-state index < -0.39 is 10.0 Å². The van der Waals surface area contributed by atoms with Gasteiger partial charge in [-0.05, 0) is 44.0 Å². The third kappa shape index (κ3) is 3.62. The molecule has 1 heterocycles. The van der Waals surface area contributed by atoms with Crippen LogP contribution in [0.5, 0.6) is 5.75 Å². The summed E-state index contributed by atoms with van der Waals surface area (Å²) < 4.78 is 30.7. The van der Waals surface area contributed by atoms with Crippen LogP contribution in [0.15, 0.2) is 29.4 Å². The van der Waals surface area contributed by atoms with Gasteiger partial charge in [0, 0.05) is 12.4 Å². The van der Waals surface area contributed by atoms with Gasteiger partial charge in [-0.2, -0.15) is 0 Å². The van der Waals surface area contributed by atoms with E-state index in [2.05, 4.69) is 4.98 Å². The number of nitrogens with two attached hydrogens (primary N) is 1. The fourth-order valence-corrected chi connectivity index (χ4v) is 3.36. The van der Waals surface area contributed by atoms with Crippen molar-refractivity contribution < 1.29 is 13.2 Å². The van der Waals surface area contributed by atoms with Gasteiger partial charge in [-0.1, -0.05) is 0 Å². The molecule has 114 valence electrons. The van der Waals surface area contributed by atoms with Crippen molar-refractivity contribution in [2.75, 3.05) is 6.61 Å². The van der Waals surface area contributed by atoms with Crippen molar-refractivity contribution in [1.82, 2.24) is 9.55 Å². The molecule has 0 amide bonds. The molecular weight excluding hydrogens is 290 g/mol. The van der Waals surface area contributed by atoms with E-state index >= 15 is 0 Å². The summed E-state index contributed by atoms with van der Waals surface area (Å²) >= 11 is 0. The predicted octanol–water partition coefficient (Wildman–Crippen LogP) is 1.53. The second-order valence-corrected chi connectivity index (χ2v) is 6.45. The highest BCUT2D eigenvalue weighted by atomic mass is 32.2. The van der Waals surface area contributed by atoms with E-state index in [9.17, 15) is 8.42 Å². The summed E-state index contributed by atoms with van der Waals surface area (Å²) in [6, 6.07) is 3.38. The van der Waals surface area contributed by atoms with E-state index in [1.165, 1.54) is 0 Å². The van der Waals surface area contributed by atoms with Gasteiger partial charge in [0.15, 0.2) is 0 Å². The standard InChI is InChI=1S/C14H19N3O3S/c1-10-8-13(9-11(2)14(10)21(15,18)19)20-7-6-17-5-4-16-12(17)3/h4-5,8-9H,6-7H2,1-3H3,(H2,15,18,19). The van der Waals surface area contributed by atoms with E-state index in [1.54, 1.807) is 32.2 Å². The quantitative estimate of drug-likeness (QED) is 0.907. The molecule has 2 N–H and O–H groups in total. The zero-order chi connectivity index (χ0) is 15.6. The molecule has 2 rings (SSSR count). The number of hydrogen-bond acceptors (Lipinski definition) is 4. The summed E-state index contributed by atoms with van der Waals surface area (Å²) in [4.78, 5) is 4.30. The Morgan fingerprint density at radius 2 is 1.86 bits per heavy atom. The van der Waals surface area contributed by atoms with Crippen molar-refractivity contribution in [2.24, 2.45) is 5.14 Å². The average Bonchev–Trinajstić information content (AvgIpc) is 2.72. The Morgan fingerprint density at radius 1 is 1.24 bits per heavy atom. The summed E-state index contributed by atoms with van der Waals surface area (Å²) in [6.07, 6.45) is 3.63. The van der Waals surface area contributed by atoms with Gasteiger partial charge in [-0.25, -0.2) is 18.5 Å². The molecule has 0 spiro atoms. The lowest BCUT2D eigenvalue weighted by molar-refractivity contribution is 0.296. The molecule has 0 atom stereocenters. The lowest BCUT2D eigenvalue weighted by Gasteiger charge is -2.12. The van der Waals surface area contributed by atoms with Crippen LogP contribution in [-0.4, -0.2) is 24.6 Å². The fourth-order valence-electron chi connectivity index (χ4n) is 2.34. The highest BCUT2D eigenvalue weighted by molar-refractivity contribution is 7.89. The smallest absolute Gasteiger partial charge is 0.238 e. The van der Waals surface area contributed by atoms with E-state index in [4.69, 9.17) is 9.88 Å². The zero-order valence-electron chi connectivity index (χ0n) is 12.3. The Labute approximate surface area is 124 Å². The van der Waals surface area contributed by atoms with Crippen molar-refractivity contribution in [2.45, 2.75) is 32.2 Å². The summed E-state index contributed by atoms with van der Waals surface area (Å²) in [6.45, 7) is 6.50. The Kier molecular flexibility index (Phi) is 4.34. The number of benzene rings is 1. The highest BCUT2D eigenvalue weighted by Gasteiger charge is 2.16.